The zero-order chi connectivity index (χ0) is 31.9. The molecule has 0 heterocycles. The first-order valence-electron chi connectivity index (χ1n) is 12.2. The van der Waals surface area contributed by atoms with E-state index >= 15 is 0 Å². The van der Waals surface area contributed by atoms with E-state index in [0.717, 1.165) is 0 Å². The summed E-state index contributed by atoms with van der Waals surface area (Å²) in [5.41, 5.74) is 5.38. The average Bonchev–Trinajstić information content (AvgIpc) is 2.88. The lowest BCUT2D eigenvalue weighted by atomic mass is 10.0. The molecule has 11 N–H and O–H groups in total. The number of aliphatic hydroxyl groups excluding tert-OH is 1. The van der Waals surface area contributed by atoms with Gasteiger partial charge in [-0.2, -0.15) is 12.6 Å². The van der Waals surface area contributed by atoms with Crippen LogP contribution in [0.5, 0.6) is 0 Å². The van der Waals surface area contributed by atoms with Crippen LogP contribution in [0.25, 0.3) is 0 Å². The van der Waals surface area contributed by atoms with E-state index in [1.807, 2.05) is 5.32 Å². The van der Waals surface area contributed by atoms with E-state index in [4.69, 9.17) is 26.2 Å². The van der Waals surface area contributed by atoms with Crippen LogP contribution < -0.4 is 32.3 Å². The second-order valence-electron chi connectivity index (χ2n) is 9.03. The molecule has 41 heavy (non-hydrogen) atoms. The van der Waals surface area contributed by atoms with Crippen molar-refractivity contribution in [2.24, 2.45) is 11.7 Å². The van der Waals surface area contributed by atoms with E-state index in [2.05, 4.69) is 33.9 Å². The molecule has 0 aliphatic rings. The number of carboxylic acid groups (broad SMARTS) is 3. The first-order valence-corrected chi connectivity index (χ1v) is 12.8. The van der Waals surface area contributed by atoms with Gasteiger partial charge in [0, 0.05) is 12.2 Å². The molecule has 0 rings (SSSR count). The van der Waals surface area contributed by atoms with Crippen molar-refractivity contribution in [3.8, 4) is 0 Å². The van der Waals surface area contributed by atoms with Gasteiger partial charge in [-0.3, -0.25) is 38.4 Å². The Morgan fingerprint density at radius 2 is 1.24 bits per heavy atom. The van der Waals surface area contributed by atoms with Crippen LogP contribution >= 0.6 is 12.6 Å². The smallest absolute Gasteiger partial charge is 0.322 e. The summed E-state index contributed by atoms with van der Waals surface area (Å²) in [5.74, 6) is -10.1. The van der Waals surface area contributed by atoms with Gasteiger partial charge < -0.3 is 52.7 Å². The standard InChI is InChI=1S/C22H36N6O12S/c1-9(2)17(28-21(39)12(5-15(32)33)26-18(36)10(23)7-29)22(40)25-11(3-4-14(30)31)20(38)27-13(8-41)19(37)24-6-16(34)35/h9-13,17,29,41H,3-8,23H2,1-2H3,(H,24,37)(H,25,40)(H,26,36)(H,27,38)(H,28,39)(H,30,31)(H,32,33)(H,34,35)/t10-,11-,12-,13-,17-/m0/s1. The third kappa shape index (κ3) is 14.3. The normalized spacial score (nSPS) is 14.4. The summed E-state index contributed by atoms with van der Waals surface area (Å²) >= 11 is 3.93. The summed E-state index contributed by atoms with van der Waals surface area (Å²) in [4.78, 5) is 96.0. The van der Waals surface area contributed by atoms with Gasteiger partial charge in [0.1, 0.15) is 36.8 Å². The molecule has 0 aliphatic carbocycles. The summed E-state index contributed by atoms with van der Waals surface area (Å²) in [6, 6.07) is -7.45. The number of rotatable bonds is 19. The Morgan fingerprint density at radius 1 is 0.707 bits per heavy atom. The maximum Gasteiger partial charge on any atom is 0.322 e. The highest BCUT2D eigenvalue weighted by molar-refractivity contribution is 7.80. The molecule has 5 amide bonds. The maximum absolute atomic E-state index is 13.1. The molecule has 0 unspecified atom stereocenters. The Kier molecular flexibility index (Phi) is 16.6. The second-order valence-corrected chi connectivity index (χ2v) is 9.39. The van der Waals surface area contributed by atoms with Gasteiger partial charge in [-0.1, -0.05) is 13.8 Å². The summed E-state index contributed by atoms with van der Waals surface area (Å²) in [7, 11) is 0. The Bertz CT molecular complexity index is 994. The zero-order valence-electron chi connectivity index (χ0n) is 22.3. The highest BCUT2D eigenvalue weighted by atomic mass is 32.1. The van der Waals surface area contributed by atoms with Crippen molar-refractivity contribution >= 4 is 60.1 Å². The Hall–Kier alpha value is -3.97. The monoisotopic (exact) mass is 608 g/mol. The Balaban J connectivity index is 5.80. The Labute approximate surface area is 239 Å². The van der Waals surface area contributed by atoms with E-state index in [0.29, 0.717) is 0 Å². The van der Waals surface area contributed by atoms with E-state index in [9.17, 15) is 38.4 Å². The molecule has 0 bridgehead atoms. The summed E-state index contributed by atoms with van der Waals surface area (Å²) in [6.07, 6.45) is -1.94. The molecule has 0 saturated heterocycles. The second kappa shape index (κ2) is 18.4. The van der Waals surface area contributed by atoms with Crippen molar-refractivity contribution in [1.29, 1.82) is 0 Å². The molecule has 0 spiro atoms. The van der Waals surface area contributed by atoms with Crippen LogP contribution in [0.1, 0.15) is 33.1 Å². The summed E-state index contributed by atoms with van der Waals surface area (Å²) < 4.78 is 0. The van der Waals surface area contributed by atoms with Crippen molar-refractivity contribution < 1.29 is 58.8 Å². The van der Waals surface area contributed by atoms with Gasteiger partial charge in [-0.25, -0.2) is 0 Å². The van der Waals surface area contributed by atoms with Crippen molar-refractivity contribution in [3.05, 3.63) is 0 Å². The molecule has 0 aromatic heterocycles. The highest BCUT2D eigenvalue weighted by Crippen LogP contribution is 2.07. The fourth-order valence-electron chi connectivity index (χ4n) is 3.08. The van der Waals surface area contributed by atoms with E-state index in [-0.39, 0.29) is 5.75 Å². The maximum atomic E-state index is 13.1. The molecule has 0 saturated carbocycles. The molecule has 0 aliphatic heterocycles. The summed E-state index contributed by atoms with van der Waals surface area (Å²) in [5, 5.41) is 46.8. The SMILES string of the molecule is CC(C)[C@H](NC(=O)[C@H](CC(=O)O)NC(=O)[C@@H](N)CO)C(=O)N[C@@H](CCC(=O)O)C(=O)N[C@@H](CS)C(=O)NCC(=O)O. The van der Waals surface area contributed by atoms with Crippen LogP contribution in [0, 0.1) is 5.92 Å². The van der Waals surface area contributed by atoms with Crippen LogP contribution in [0.3, 0.4) is 0 Å². The zero-order valence-corrected chi connectivity index (χ0v) is 23.2. The lowest BCUT2D eigenvalue weighted by Gasteiger charge is -2.27. The predicted octanol–water partition coefficient (Wildman–Crippen LogP) is -4.63. The number of aliphatic hydroxyl groups is 1. The largest absolute Gasteiger partial charge is 0.481 e. The Morgan fingerprint density at radius 3 is 1.71 bits per heavy atom. The molecule has 0 fully saturated rings. The number of hydrogen-bond donors (Lipinski definition) is 11. The van der Waals surface area contributed by atoms with Crippen LogP contribution in [-0.4, -0.2) is 117 Å². The number of hydrogen-bond acceptors (Lipinski definition) is 11. The molecule has 0 radical (unpaired) electrons. The topological polar surface area (TPSA) is 304 Å². The molecule has 5 atom stereocenters. The summed E-state index contributed by atoms with van der Waals surface area (Å²) in [6.45, 7) is 1.45. The molecule has 232 valence electrons. The predicted molar refractivity (Wildman–Crippen MR) is 141 cm³/mol. The number of nitrogens with two attached hydrogens (primary N) is 1. The van der Waals surface area contributed by atoms with E-state index in [1.165, 1.54) is 13.8 Å². The van der Waals surface area contributed by atoms with Crippen molar-refractivity contribution in [1.82, 2.24) is 26.6 Å². The van der Waals surface area contributed by atoms with Crippen LogP contribution in [-0.2, 0) is 38.4 Å². The van der Waals surface area contributed by atoms with Crippen LogP contribution in [0.4, 0.5) is 0 Å². The minimum absolute atomic E-state index is 0.280. The quantitative estimate of drug-likeness (QED) is 0.0616. The fourth-order valence-corrected chi connectivity index (χ4v) is 3.34. The number of amides is 5. The van der Waals surface area contributed by atoms with Gasteiger partial charge in [-0.15, -0.1) is 0 Å². The van der Waals surface area contributed by atoms with Crippen molar-refractivity contribution in [2.45, 2.75) is 63.3 Å². The molecule has 0 aromatic rings. The highest BCUT2D eigenvalue weighted by Gasteiger charge is 2.33. The number of aliphatic carboxylic acids is 3. The van der Waals surface area contributed by atoms with Crippen LogP contribution in [0.2, 0.25) is 0 Å². The van der Waals surface area contributed by atoms with Crippen molar-refractivity contribution in [2.75, 3.05) is 18.9 Å². The van der Waals surface area contributed by atoms with Crippen LogP contribution in [0.15, 0.2) is 0 Å². The molecular formula is C22H36N6O12S. The lowest BCUT2D eigenvalue weighted by molar-refractivity contribution is -0.142. The number of thiol groups is 1. The van der Waals surface area contributed by atoms with Gasteiger partial charge in [0.05, 0.1) is 13.0 Å². The van der Waals surface area contributed by atoms with Gasteiger partial charge in [0.15, 0.2) is 0 Å². The number of carbonyl (C=O) groups excluding carboxylic acids is 5. The van der Waals surface area contributed by atoms with E-state index < -0.39 is 116 Å². The first-order chi connectivity index (χ1) is 19.0. The van der Waals surface area contributed by atoms with Gasteiger partial charge in [0.2, 0.25) is 29.5 Å². The van der Waals surface area contributed by atoms with Gasteiger partial charge in [0.25, 0.3) is 0 Å². The lowest BCUT2D eigenvalue weighted by Crippen LogP contribution is -2.60. The molecule has 19 heteroatoms. The minimum Gasteiger partial charge on any atom is -0.481 e. The molecular weight excluding hydrogens is 572 g/mol. The van der Waals surface area contributed by atoms with Crippen molar-refractivity contribution in [3.63, 3.8) is 0 Å². The minimum atomic E-state index is -1.70. The number of carbonyl (C=O) groups is 8. The third-order valence-corrected chi connectivity index (χ3v) is 5.67. The van der Waals surface area contributed by atoms with Gasteiger partial charge in [-0.05, 0) is 12.3 Å². The van der Waals surface area contributed by atoms with Gasteiger partial charge >= 0.3 is 17.9 Å². The number of carboxylic acids is 3. The fraction of sp³-hybridized carbons (Fsp3) is 0.636. The third-order valence-electron chi connectivity index (χ3n) is 5.30. The average molecular weight is 609 g/mol. The number of nitrogens with one attached hydrogen (secondary N) is 5. The first kappa shape index (κ1) is 37.0. The molecule has 18 nitrogen and oxygen atoms in total. The van der Waals surface area contributed by atoms with E-state index in [1.54, 1.807) is 0 Å². The molecule has 0 aromatic carbocycles.